The standard InChI is InChI=1S/C12H5Cl2N3O2S/c13-9-5-4-8(20-9)12-15-6-2-1-3-7(17(18)19)10(6)11(14)16-12/h1-5H. The molecule has 0 aliphatic heterocycles. The van der Waals surface area contributed by atoms with Gasteiger partial charge in [-0.15, -0.1) is 11.3 Å². The highest BCUT2D eigenvalue weighted by Crippen LogP contribution is 2.34. The lowest BCUT2D eigenvalue weighted by Gasteiger charge is -2.03. The number of fused-ring (bicyclic) bond motifs is 1. The Morgan fingerprint density at radius 2 is 1.95 bits per heavy atom. The van der Waals surface area contributed by atoms with Crippen LogP contribution >= 0.6 is 34.5 Å². The highest BCUT2D eigenvalue weighted by Gasteiger charge is 2.18. The van der Waals surface area contributed by atoms with Crippen LogP contribution in [-0.2, 0) is 0 Å². The Balaban J connectivity index is 2.28. The van der Waals surface area contributed by atoms with E-state index in [1.165, 1.54) is 17.4 Å². The lowest BCUT2D eigenvalue weighted by molar-refractivity contribution is -0.383. The van der Waals surface area contributed by atoms with Crippen molar-refractivity contribution in [1.29, 1.82) is 0 Å². The van der Waals surface area contributed by atoms with Gasteiger partial charge in [0.25, 0.3) is 5.69 Å². The van der Waals surface area contributed by atoms with Crippen LogP contribution in [0.25, 0.3) is 21.6 Å². The molecule has 0 N–H and O–H groups in total. The molecule has 0 bridgehead atoms. The fourth-order valence-corrected chi connectivity index (χ4v) is 3.07. The molecule has 0 radical (unpaired) electrons. The monoisotopic (exact) mass is 325 g/mol. The summed E-state index contributed by atoms with van der Waals surface area (Å²) in [7, 11) is 0. The summed E-state index contributed by atoms with van der Waals surface area (Å²) in [6.07, 6.45) is 0. The van der Waals surface area contributed by atoms with E-state index in [9.17, 15) is 10.1 Å². The number of nitro benzene ring substituents is 1. The van der Waals surface area contributed by atoms with Crippen LogP contribution in [0.5, 0.6) is 0 Å². The van der Waals surface area contributed by atoms with E-state index in [1.807, 2.05) is 0 Å². The maximum atomic E-state index is 11.0. The Morgan fingerprint density at radius 3 is 2.60 bits per heavy atom. The Labute approximate surface area is 127 Å². The molecule has 0 aliphatic carbocycles. The van der Waals surface area contributed by atoms with Crippen molar-refractivity contribution in [1.82, 2.24) is 9.97 Å². The summed E-state index contributed by atoms with van der Waals surface area (Å²) in [5, 5.41) is 11.3. The van der Waals surface area contributed by atoms with E-state index in [2.05, 4.69) is 9.97 Å². The molecule has 3 aromatic rings. The van der Waals surface area contributed by atoms with Crippen molar-refractivity contribution >= 4 is 51.1 Å². The van der Waals surface area contributed by atoms with Crippen LogP contribution in [0.15, 0.2) is 30.3 Å². The van der Waals surface area contributed by atoms with Crippen LogP contribution in [-0.4, -0.2) is 14.9 Å². The van der Waals surface area contributed by atoms with Crippen molar-refractivity contribution in [2.45, 2.75) is 0 Å². The van der Waals surface area contributed by atoms with Crippen molar-refractivity contribution in [3.8, 4) is 10.7 Å². The van der Waals surface area contributed by atoms with Gasteiger partial charge in [-0.05, 0) is 18.2 Å². The highest BCUT2D eigenvalue weighted by molar-refractivity contribution is 7.19. The van der Waals surface area contributed by atoms with Gasteiger partial charge in [0.2, 0.25) is 0 Å². The topological polar surface area (TPSA) is 68.9 Å². The molecule has 3 rings (SSSR count). The average molecular weight is 326 g/mol. The lowest BCUT2D eigenvalue weighted by atomic mass is 10.2. The number of thiophene rings is 1. The average Bonchev–Trinajstić information content (AvgIpc) is 2.84. The second-order valence-corrected chi connectivity index (χ2v) is 5.94. The maximum absolute atomic E-state index is 11.0. The minimum atomic E-state index is -0.501. The van der Waals surface area contributed by atoms with Crippen LogP contribution in [0, 0.1) is 10.1 Å². The number of non-ortho nitro benzene ring substituents is 1. The summed E-state index contributed by atoms with van der Waals surface area (Å²) >= 11 is 13.3. The molecule has 0 fully saturated rings. The van der Waals surface area contributed by atoms with Gasteiger partial charge in [0.1, 0.15) is 10.5 Å². The number of nitrogens with zero attached hydrogens (tertiary/aromatic N) is 3. The van der Waals surface area contributed by atoms with Crippen LogP contribution in [0.4, 0.5) is 5.69 Å². The fraction of sp³-hybridized carbons (Fsp3) is 0. The van der Waals surface area contributed by atoms with E-state index in [-0.39, 0.29) is 16.2 Å². The van der Waals surface area contributed by atoms with Crippen LogP contribution < -0.4 is 0 Å². The highest BCUT2D eigenvalue weighted by atomic mass is 35.5. The van der Waals surface area contributed by atoms with Crippen molar-refractivity contribution in [2.75, 3.05) is 0 Å². The Morgan fingerprint density at radius 1 is 1.15 bits per heavy atom. The summed E-state index contributed by atoms with van der Waals surface area (Å²) in [6.45, 7) is 0. The van der Waals surface area contributed by atoms with E-state index in [0.717, 1.165) is 4.88 Å². The van der Waals surface area contributed by atoms with Gasteiger partial charge in [0.15, 0.2) is 5.82 Å². The van der Waals surface area contributed by atoms with Crippen molar-refractivity contribution in [2.24, 2.45) is 0 Å². The summed E-state index contributed by atoms with van der Waals surface area (Å²) in [5.74, 6) is 0.403. The number of aromatic nitrogens is 2. The number of rotatable bonds is 2. The molecule has 5 nitrogen and oxygen atoms in total. The zero-order chi connectivity index (χ0) is 14.3. The van der Waals surface area contributed by atoms with Gasteiger partial charge in [0, 0.05) is 6.07 Å². The van der Waals surface area contributed by atoms with Gasteiger partial charge in [-0.2, -0.15) is 0 Å². The molecule has 0 aliphatic rings. The molecule has 0 unspecified atom stereocenters. The number of benzene rings is 1. The molecule has 0 saturated heterocycles. The minimum Gasteiger partial charge on any atom is -0.258 e. The second kappa shape index (κ2) is 4.97. The van der Waals surface area contributed by atoms with E-state index in [4.69, 9.17) is 23.2 Å². The molecule has 0 saturated carbocycles. The first kappa shape index (κ1) is 13.2. The van der Waals surface area contributed by atoms with Gasteiger partial charge in [-0.3, -0.25) is 10.1 Å². The molecule has 8 heteroatoms. The first-order valence-electron chi connectivity index (χ1n) is 5.42. The molecule has 100 valence electrons. The normalized spacial score (nSPS) is 10.9. The number of hydrogen-bond donors (Lipinski definition) is 0. The molecule has 1 aromatic carbocycles. The Kier molecular flexibility index (Phi) is 3.29. The molecule has 0 amide bonds. The molecule has 0 spiro atoms. The third-order valence-electron chi connectivity index (χ3n) is 2.65. The molecular weight excluding hydrogens is 321 g/mol. The summed E-state index contributed by atoms with van der Waals surface area (Å²) in [4.78, 5) is 19.7. The van der Waals surface area contributed by atoms with Crippen LogP contribution in [0.3, 0.4) is 0 Å². The van der Waals surface area contributed by atoms with Crippen molar-refractivity contribution < 1.29 is 4.92 Å². The van der Waals surface area contributed by atoms with Crippen LogP contribution in [0.2, 0.25) is 9.49 Å². The van der Waals surface area contributed by atoms with E-state index < -0.39 is 4.92 Å². The van der Waals surface area contributed by atoms with Gasteiger partial charge < -0.3 is 0 Å². The predicted octanol–water partition coefficient (Wildman–Crippen LogP) is 4.57. The maximum Gasteiger partial charge on any atom is 0.281 e. The van der Waals surface area contributed by atoms with E-state index >= 15 is 0 Å². The Hall–Kier alpha value is -1.76. The predicted molar refractivity (Wildman–Crippen MR) is 79.5 cm³/mol. The number of nitro groups is 1. The summed E-state index contributed by atoms with van der Waals surface area (Å²) in [6, 6.07) is 8.11. The third kappa shape index (κ3) is 2.22. The SMILES string of the molecule is O=[N+]([O-])c1cccc2nc(-c3ccc(Cl)s3)nc(Cl)c12. The molecule has 0 atom stereocenters. The van der Waals surface area contributed by atoms with Crippen LogP contribution in [0.1, 0.15) is 0 Å². The number of hydrogen-bond acceptors (Lipinski definition) is 5. The van der Waals surface area contributed by atoms with E-state index in [1.54, 1.807) is 24.3 Å². The van der Waals surface area contributed by atoms with Crippen molar-refractivity contribution in [3.05, 3.63) is 49.9 Å². The Bertz CT molecular complexity index is 835. The first-order chi connectivity index (χ1) is 9.56. The smallest absolute Gasteiger partial charge is 0.258 e. The van der Waals surface area contributed by atoms with Gasteiger partial charge in [0.05, 0.1) is 19.7 Å². The molecule has 20 heavy (non-hydrogen) atoms. The lowest BCUT2D eigenvalue weighted by Crippen LogP contribution is -1.95. The van der Waals surface area contributed by atoms with Crippen molar-refractivity contribution in [3.63, 3.8) is 0 Å². The first-order valence-corrected chi connectivity index (χ1v) is 7.00. The largest absolute Gasteiger partial charge is 0.281 e. The molecule has 2 heterocycles. The zero-order valence-electron chi connectivity index (χ0n) is 9.71. The third-order valence-corrected chi connectivity index (χ3v) is 4.15. The second-order valence-electron chi connectivity index (χ2n) is 3.87. The van der Waals surface area contributed by atoms with Gasteiger partial charge >= 0.3 is 0 Å². The van der Waals surface area contributed by atoms with E-state index in [0.29, 0.717) is 15.7 Å². The summed E-state index contributed by atoms with van der Waals surface area (Å²) in [5.41, 5.74) is 0.321. The quantitative estimate of drug-likeness (QED) is 0.393. The minimum absolute atomic E-state index is 0.0572. The van der Waals surface area contributed by atoms with Gasteiger partial charge in [-0.1, -0.05) is 29.3 Å². The molecular formula is C12H5Cl2N3O2S. The summed E-state index contributed by atoms with van der Waals surface area (Å²) < 4.78 is 0.610. The molecule has 2 aromatic heterocycles. The zero-order valence-corrected chi connectivity index (χ0v) is 12.0. The number of halogens is 2. The van der Waals surface area contributed by atoms with Gasteiger partial charge in [-0.25, -0.2) is 9.97 Å². The fourth-order valence-electron chi connectivity index (χ4n) is 1.82.